The monoisotopic (exact) mass is 509 g/mol. The van der Waals surface area contributed by atoms with E-state index in [4.69, 9.17) is 17.3 Å². The first kappa shape index (κ1) is 25.2. The second-order valence-electron chi connectivity index (χ2n) is 8.76. The molecule has 0 saturated carbocycles. The summed E-state index contributed by atoms with van der Waals surface area (Å²) < 4.78 is 1.57. The molecule has 4 amide bonds. The summed E-state index contributed by atoms with van der Waals surface area (Å²) in [6.45, 7) is 1.91. The smallest absolute Gasteiger partial charge is 0.325 e. The molecule has 4 rings (SSSR count). The van der Waals surface area contributed by atoms with Gasteiger partial charge in [0.25, 0.3) is 5.91 Å². The van der Waals surface area contributed by atoms with Gasteiger partial charge in [0, 0.05) is 37.6 Å². The Morgan fingerprint density at radius 1 is 1.25 bits per heavy atom. The van der Waals surface area contributed by atoms with Crippen LogP contribution in [0.1, 0.15) is 30.5 Å². The fourth-order valence-electron chi connectivity index (χ4n) is 4.39. The quantitative estimate of drug-likeness (QED) is 0.471. The average molecular weight is 510 g/mol. The second kappa shape index (κ2) is 10.4. The molecule has 0 unspecified atom stereocenters. The molecule has 10 nitrogen and oxygen atoms in total. The zero-order valence-electron chi connectivity index (χ0n) is 20.3. The van der Waals surface area contributed by atoms with Crippen LogP contribution in [0.15, 0.2) is 54.9 Å². The molecule has 1 fully saturated rings. The molecule has 188 valence electrons. The molecular formula is C25H28ClN7O3. The lowest BCUT2D eigenvalue weighted by molar-refractivity contribution is -0.156. The number of nitrogens with two attached hydrogens (primary N) is 1. The molecule has 0 radical (unpaired) electrons. The van der Waals surface area contributed by atoms with E-state index >= 15 is 0 Å². The van der Waals surface area contributed by atoms with Gasteiger partial charge >= 0.3 is 6.03 Å². The van der Waals surface area contributed by atoms with Gasteiger partial charge < -0.3 is 11.1 Å². The first-order valence-corrected chi connectivity index (χ1v) is 11.9. The van der Waals surface area contributed by atoms with E-state index in [2.05, 4.69) is 15.4 Å². The number of imide groups is 1. The number of halogens is 1. The molecule has 0 spiro atoms. The van der Waals surface area contributed by atoms with Crippen molar-refractivity contribution in [2.75, 3.05) is 17.7 Å². The Morgan fingerprint density at radius 3 is 2.67 bits per heavy atom. The highest BCUT2D eigenvalue weighted by Crippen LogP contribution is 2.33. The number of benzene rings is 1. The summed E-state index contributed by atoms with van der Waals surface area (Å²) in [5.41, 5.74) is 7.36. The van der Waals surface area contributed by atoms with Crippen molar-refractivity contribution < 1.29 is 14.4 Å². The third kappa shape index (κ3) is 5.03. The van der Waals surface area contributed by atoms with Gasteiger partial charge in [0.05, 0.1) is 12.0 Å². The molecule has 1 aromatic carbocycles. The van der Waals surface area contributed by atoms with Crippen molar-refractivity contribution in [3.05, 3.63) is 71.0 Å². The lowest BCUT2D eigenvalue weighted by Crippen LogP contribution is -2.70. The van der Waals surface area contributed by atoms with Crippen LogP contribution in [-0.4, -0.2) is 50.6 Å². The first-order chi connectivity index (χ1) is 17.2. The van der Waals surface area contributed by atoms with Gasteiger partial charge in [-0.1, -0.05) is 30.7 Å². The number of hydrogen-bond donors (Lipinski definition) is 2. The van der Waals surface area contributed by atoms with E-state index in [0.717, 1.165) is 16.0 Å². The maximum Gasteiger partial charge on any atom is 0.325 e. The van der Waals surface area contributed by atoms with Crippen LogP contribution >= 0.6 is 11.6 Å². The number of rotatable bonds is 7. The molecule has 1 aliphatic heterocycles. The Kier molecular flexibility index (Phi) is 7.25. The van der Waals surface area contributed by atoms with E-state index in [-0.39, 0.29) is 12.5 Å². The highest BCUT2D eigenvalue weighted by atomic mass is 35.5. The van der Waals surface area contributed by atoms with Crippen molar-refractivity contribution in [1.29, 1.82) is 0 Å². The molecule has 3 heterocycles. The molecule has 1 saturated heterocycles. The molecule has 0 bridgehead atoms. The van der Waals surface area contributed by atoms with Crippen LogP contribution in [0.4, 0.5) is 16.4 Å². The highest BCUT2D eigenvalue weighted by Gasteiger charge is 2.55. The van der Waals surface area contributed by atoms with E-state index in [1.165, 1.54) is 4.90 Å². The van der Waals surface area contributed by atoms with Crippen LogP contribution in [0, 0.1) is 5.92 Å². The van der Waals surface area contributed by atoms with Crippen molar-refractivity contribution in [3.8, 4) is 0 Å². The van der Waals surface area contributed by atoms with Crippen molar-refractivity contribution in [2.24, 2.45) is 13.0 Å². The lowest BCUT2D eigenvalue weighted by Gasteiger charge is -2.45. The minimum atomic E-state index is -1.00. The predicted octanol–water partition coefficient (Wildman–Crippen LogP) is 2.94. The fraction of sp³-hybridized carbons (Fsp3) is 0.320. The van der Waals surface area contributed by atoms with Crippen LogP contribution in [0.5, 0.6) is 0 Å². The van der Waals surface area contributed by atoms with Crippen molar-refractivity contribution >= 4 is 41.1 Å². The third-order valence-electron chi connectivity index (χ3n) is 6.32. The lowest BCUT2D eigenvalue weighted by atomic mass is 9.81. The van der Waals surface area contributed by atoms with Crippen LogP contribution in [0.2, 0.25) is 5.02 Å². The van der Waals surface area contributed by atoms with E-state index in [1.54, 1.807) is 67.6 Å². The van der Waals surface area contributed by atoms with E-state index in [0.29, 0.717) is 23.1 Å². The zero-order valence-corrected chi connectivity index (χ0v) is 21.0. The topological polar surface area (TPSA) is 126 Å². The number of carbonyl (C=O) groups excluding carboxylic acids is 3. The first-order valence-electron chi connectivity index (χ1n) is 11.6. The van der Waals surface area contributed by atoms with E-state index in [9.17, 15) is 14.4 Å². The largest absolute Gasteiger partial charge is 0.384 e. The molecular weight excluding hydrogens is 482 g/mol. The number of nitrogens with zero attached hydrogens (tertiary/aromatic N) is 5. The minimum absolute atomic E-state index is 0.243. The predicted molar refractivity (Wildman–Crippen MR) is 136 cm³/mol. The molecule has 0 aliphatic carbocycles. The Labute approximate surface area is 214 Å². The summed E-state index contributed by atoms with van der Waals surface area (Å²) in [6, 6.07) is 10.2. The number of nitrogen functional groups attached to an aromatic ring is 1. The van der Waals surface area contributed by atoms with Gasteiger partial charge in [0.1, 0.15) is 11.9 Å². The Bertz CT molecular complexity index is 1290. The van der Waals surface area contributed by atoms with E-state index in [1.807, 2.05) is 13.0 Å². The SMILES string of the molecule is CC[C@H](NC(=O)N1C(=O)[C@H](Cc2ccnc(N)c2)[C@H]1C(=O)N(C)c1ccn(C)n1)c1cccc(Cl)c1. The third-order valence-corrected chi connectivity index (χ3v) is 6.55. The number of amides is 4. The maximum atomic E-state index is 13.6. The number of carbonyl (C=O) groups is 3. The van der Waals surface area contributed by atoms with Crippen LogP contribution in [0.3, 0.4) is 0 Å². The minimum Gasteiger partial charge on any atom is -0.384 e. The number of nitrogens with one attached hydrogen (secondary N) is 1. The fourth-order valence-corrected chi connectivity index (χ4v) is 4.59. The second-order valence-corrected chi connectivity index (χ2v) is 9.20. The number of aryl methyl sites for hydroxylation is 1. The molecule has 11 heteroatoms. The number of hydrogen-bond acceptors (Lipinski definition) is 6. The summed E-state index contributed by atoms with van der Waals surface area (Å²) in [5, 5.41) is 7.71. The van der Waals surface area contributed by atoms with E-state index < -0.39 is 29.8 Å². The summed E-state index contributed by atoms with van der Waals surface area (Å²) >= 11 is 6.12. The van der Waals surface area contributed by atoms with Gasteiger partial charge in [-0.05, 0) is 48.2 Å². The van der Waals surface area contributed by atoms with Gasteiger partial charge in [0.15, 0.2) is 5.82 Å². The van der Waals surface area contributed by atoms with Gasteiger partial charge in [-0.3, -0.25) is 24.1 Å². The van der Waals surface area contributed by atoms with Gasteiger partial charge in [-0.15, -0.1) is 0 Å². The van der Waals surface area contributed by atoms with Crippen LogP contribution in [-0.2, 0) is 23.1 Å². The average Bonchev–Trinajstić information content (AvgIpc) is 3.29. The number of anilines is 2. The summed E-state index contributed by atoms with van der Waals surface area (Å²) in [7, 11) is 3.32. The number of aromatic nitrogens is 3. The van der Waals surface area contributed by atoms with Gasteiger partial charge in [0.2, 0.25) is 5.91 Å². The summed E-state index contributed by atoms with van der Waals surface area (Å²) in [6.07, 6.45) is 4.07. The standard InChI is InChI=1S/C25H28ClN7O3/c1-4-19(16-6-5-7-17(26)14-16)29-25(36)33-22(24(35)32(3)21-9-11-31(2)30-21)18(23(33)34)12-15-8-10-28-20(27)13-15/h5-11,13-14,18-19,22H,4,12H2,1-3H3,(H2,27,28)(H,29,36)/t18-,19+,22+/m1/s1. The Hall–Kier alpha value is -3.92. The number of β-lactam (4-membered cyclic amide) rings is 1. The molecule has 1 aliphatic rings. The molecule has 3 aromatic rings. The Morgan fingerprint density at radius 2 is 2.03 bits per heavy atom. The summed E-state index contributed by atoms with van der Waals surface area (Å²) in [4.78, 5) is 46.5. The molecule has 2 aromatic heterocycles. The normalized spacial score (nSPS) is 17.9. The van der Waals surface area contributed by atoms with Gasteiger partial charge in [-0.25, -0.2) is 9.78 Å². The molecule has 3 atom stereocenters. The molecule has 3 N–H and O–H groups in total. The van der Waals surface area contributed by atoms with Crippen molar-refractivity contribution in [1.82, 2.24) is 25.0 Å². The number of likely N-dealkylation sites (tertiary alicyclic amines) is 1. The van der Waals surface area contributed by atoms with Crippen LogP contribution < -0.4 is 16.0 Å². The zero-order chi connectivity index (χ0) is 26.0. The molecule has 36 heavy (non-hydrogen) atoms. The number of urea groups is 1. The number of pyridine rings is 1. The Balaban J connectivity index is 1.60. The van der Waals surface area contributed by atoms with Crippen molar-refractivity contribution in [2.45, 2.75) is 31.8 Å². The number of likely N-dealkylation sites (N-methyl/N-ethyl adjacent to an activating group) is 1. The highest BCUT2D eigenvalue weighted by molar-refractivity contribution is 6.30. The van der Waals surface area contributed by atoms with Crippen molar-refractivity contribution in [3.63, 3.8) is 0 Å². The maximum absolute atomic E-state index is 13.6. The van der Waals surface area contributed by atoms with Gasteiger partial charge in [-0.2, -0.15) is 5.10 Å². The summed E-state index contributed by atoms with van der Waals surface area (Å²) in [5.74, 6) is -0.848. The van der Waals surface area contributed by atoms with Crippen LogP contribution in [0.25, 0.3) is 0 Å².